The normalized spacial score (nSPS) is 17.8. The van der Waals surface area contributed by atoms with Gasteiger partial charge in [-0.25, -0.2) is 36.7 Å². The third kappa shape index (κ3) is 19.9. The number of carbonyl (C=O) groups is 4. The van der Waals surface area contributed by atoms with E-state index in [0.29, 0.717) is 68.3 Å². The monoisotopic (exact) mass is 1370 g/mol. The van der Waals surface area contributed by atoms with Gasteiger partial charge in [0.05, 0.1) is 21.2 Å². The Bertz CT molecular complexity index is 3260. The number of carboxylic acid groups (broad SMARTS) is 3. The fraction of sp³-hybridized carbons (Fsp3) is 0.527. The molecule has 0 radical (unpaired) electrons. The van der Waals surface area contributed by atoms with E-state index in [-0.39, 0.29) is 46.6 Å². The van der Waals surface area contributed by atoms with Crippen molar-refractivity contribution in [1.82, 2.24) is 25.2 Å². The van der Waals surface area contributed by atoms with E-state index in [4.69, 9.17) is 29.4 Å². The molecule has 1 amide bonds. The van der Waals surface area contributed by atoms with Gasteiger partial charge < -0.3 is 29.9 Å². The highest BCUT2D eigenvalue weighted by atomic mass is 32.2. The minimum absolute atomic E-state index is 0.0311. The smallest absolute Gasteiger partial charge is 0.480 e. The number of likely N-dealkylation sites (tertiary alicyclic amines) is 2. The lowest BCUT2D eigenvalue weighted by Crippen LogP contribution is -2.58. The van der Waals surface area contributed by atoms with E-state index in [1.807, 2.05) is 18.7 Å². The van der Waals surface area contributed by atoms with Crippen molar-refractivity contribution < 1.29 is 131 Å². The highest BCUT2D eigenvalue weighted by Crippen LogP contribution is 2.42. The molecule has 91 heavy (non-hydrogen) atoms. The lowest BCUT2D eigenvalue weighted by Gasteiger charge is -2.39. The van der Waals surface area contributed by atoms with Crippen molar-refractivity contribution in [1.29, 1.82) is 0 Å². The van der Waals surface area contributed by atoms with Gasteiger partial charge in [0.25, 0.3) is 5.91 Å². The van der Waals surface area contributed by atoms with Gasteiger partial charge in [-0.1, -0.05) is 50.2 Å². The number of nitrogens with zero attached hydrogens (tertiary/aromatic N) is 4. The van der Waals surface area contributed by atoms with Gasteiger partial charge in [0.15, 0.2) is 35.5 Å². The first-order chi connectivity index (χ1) is 41.9. The number of halogens is 16. The third-order valence-electron chi connectivity index (χ3n) is 14.8. The van der Waals surface area contributed by atoms with E-state index in [1.165, 1.54) is 85.2 Å². The molecule has 36 heteroatoms. The standard InChI is InChI=1S/C28H34F5N3O5S.C23H25F5N2O4S.2C2HF3O2/c1-2-36-16-14-26(15-17-36,25(37)35-41-24-5-3-4-18-40-24)42(38,39)22-9-7-21(8-10-22)23-11-6-20(19-34-23)12-13-27(29,30)28(31,32)33;1-2-30-13-11-21(12-14-30,20(31)32)35(33,34)18-6-4-17(5-7-18)19-8-3-16(15-29-19)9-10-22(24,25)23(26,27)28;2*3-2(4,5)1(6)7/h6-11,19,24H,2-5,12-18H2,1H3,(H,35,37);3-8,15H,2,9-14H2,1H3,(H,31,32);2*(H,6,7). The molecule has 18 nitrogen and oxygen atoms in total. The van der Waals surface area contributed by atoms with Crippen molar-refractivity contribution in [2.24, 2.45) is 0 Å². The van der Waals surface area contributed by atoms with Crippen LogP contribution in [0.25, 0.3) is 22.5 Å². The predicted molar refractivity (Wildman–Crippen MR) is 288 cm³/mol. The molecule has 1 atom stereocenters. The molecular weight excluding hydrogens is 1310 g/mol. The van der Waals surface area contributed by atoms with Crippen LogP contribution in [0, 0.1) is 0 Å². The molecule has 0 bridgehead atoms. The molecule has 0 saturated carbocycles. The van der Waals surface area contributed by atoms with Gasteiger partial charge in [0.1, 0.15) is 0 Å². The Morgan fingerprint density at radius 2 is 0.912 bits per heavy atom. The van der Waals surface area contributed by atoms with Crippen LogP contribution in [0.4, 0.5) is 70.2 Å². The van der Waals surface area contributed by atoms with E-state index in [9.17, 15) is 102 Å². The van der Waals surface area contributed by atoms with Crippen molar-refractivity contribution in [3.8, 4) is 22.5 Å². The summed E-state index contributed by atoms with van der Waals surface area (Å²) in [6, 6.07) is 16.9. The lowest BCUT2D eigenvalue weighted by molar-refractivity contribution is -0.284. The fourth-order valence-corrected chi connectivity index (χ4v) is 13.0. The number of hydrogen-bond acceptors (Lipinski definition) is 14. The Kier molecular flexibility index (Phi) is 25.9. The molecular formula is C55H61F16N5O13S2. The van der Waals surface area contributed by atoms with Crippen molar-refractivity contribution in [3.05, 3.63) is 96.3 Å². The Labute approximate surface area is 509 Å². The van der Waals surface area contributed by atoms with E-state index >= 15 is 0 Å². The molecule has 2 aromatic heterocycles. The number of piperidine rings is 2. The summed E-state index contributed by atoms with van der Waals surface area (Å²) in [6.45, 7) is 7.31. The summed E-state index contributed by atoms with van der Waals surface area (Å²) in [4.78, 5) is 60.8. The number of hydrogen-bond donors (Lipinski definition) is 4. The number of sulfone groups is 2. The number of rotatable bonds is 18. The molecule has 3 aliphatic heterocycles. The van der Waals surface area contributed by atoms with Crippen LogP contribution in [-0.2, 0) is 61.3 Å². The molecule has 1 unspecified atom stereocenters. The number of amides is 1. The first-order valence-corrected chi connectivity index (χ1v) is 30.2. The minimum Gasteiger partial charge on any atom is -0.480 e. The maximum absolute atomic E-state index is 14.0. The van der Waals surface area contributed by atoms with Gasteiger partial charge in [-0.3, -0.25) is 19.6 Å². The predicted octanol–water partition coefficient (Wildman–Crippen LogP) is 10.9. The molecule has 3 fully saturated rings. The number of hydroxylamine groups is 1. The molecule has 508 valence electrons. The van der Waals surface area contributed by atoms with Crippen LogP contribution in [0.5, 0.6) is 0 Å². The SMILES string of the molecule is CCN1CCC(C(=O)NOC2CCCCO2)(S(=O)(=O)c2ccc(-c3ccc(CCC(F)(F)C(F)(F)F)cn3)cc2)CC1.CCN1CCC(C(=O)O)(S(=O)(=O)c2ccc(-c3ccc(CCC(F)(F)C(F)(F)F)cn3)cc2)CC1.O=C(O)C(F)(F)F.O=C(O)C(F)(F)F. The number of aliphatic carboxylic acids is 3. The van der Waals surface area contributed by atoms with Gasteiger partial charge in [-0.15, -0.1) is 0 Å². The number of benzene rings is 2. The molecule has 5 heterocycles. The van der Waals surface area contributed by atoms with Crippen molar-refractivity contribution >= 4 is 43.5 Å². The summed E-state index contributed by atoms with van der Waals surface area (Å²) in [6.07, 6.45) is -21.1. The van der Waals surface area contributed by atoms with Crippen LogP contribution in [0.2, 0.25) is 0 Å². The van der Waals surface area contributed by atoms with Crippen LogP contribution >= 0.6 is 0 Å². The van der Waals surface area contributed by atoms with Crippen LogP contribution in [0.3, 0.4) is 0 Å². The number of aryl methyl sites for hydroxylation is 2. The maximum atomic E-state index is 14.0. The summed E-state index contributed by atoms with van der Waals surface area (Å²) in [5.41, 5.74) is 4.45. The zero-order valence-corrected chi connectivity index (χ0v) is 49.6. The fourth-order valence-electron chi connectivity index (χ4n) is 9.13. The van der Waals surface area contributed by atoms with Crippen molar-refractivity contribution in [3.63, 3.8) is 0 Å². The number of pyridine rings is 2. The largest absolute Gasteiger partial charge is 0.490 e. The number of ether oxygens (including phenoxy) is 1. The van der Waals surface area contributed by atoms with E-state index in [1.54, 1.807) is 0 Å². The summed E-state index contributed by atoms with van der Waals surface area (Å²) in [5.74, 6) is -17.2. The van der Waals surface area contributed by atoms with Crippen LogP contribution in [-0.4, -0.2) is 174 Å². The number of nitrogens with one attached hydrogen (secondary N) is 1. The Morgan fingerprint density at radius 1 is 0.560 bits per heavy atom. The second-order valence-corrected chi connectivity index (χ2v) is 25.2. The first-order valence-electron chi connectivity index (χ1n) is 27.3. The average Bonchev–Trinajstić information content (AvgIpc) is 0.759. The molecule has 4 aromatic rings. The third-order valence-corrected chi connectivity index (χ3v) is 19.8. The average molecular weight is 1370 g/mol. The van der Waals surface area contributed by atoms with Crippen LogP contribution in [0.1, 0.15) is 82.8 Å². The molecule has 0 aliphatic carbocycles. The lowest BCUT2D eigenvalue weighted by atomic mass is 9.95. The van der Waals surface area contributed by atoms with Gasteiger partial charge in [0.2, 0.25) is 0 Å². The first kappa shape index (κ1) is 76.7. The summed E-state index contributed by atoms with van der Waals surface area (Å²) >= 11 is 0. The van der Waals surface area contributed by atoms with E-state index < -0.39 is 122 Å². The van der Waals surface area contributed by atoms with Gasteiger partial charge in [-0.2, -0.15) is 70.2 Å². The Balaban J connectivity index is 0.000000324. The zero-order valence-electron chi connectivity index (χ0n) is 48.0. The maximum Gasteiger partial charge on any atom is 0.490 e. The topological polar surface area (TPSA) is 260 Å². The summed E-state index contributed by atoms with van der Waals surface area (Å²) < 4.78 is 247. The second-order valence-electron chi connectivity index (χ2n) is 20.7. The Hall–Kier alpha value is -6.76. The molecule has 4 N–H and O–H groups in total. The molecule has 7 rings (SSSR count). The molecule has 2 aromatic carbocycles. The van der Waals surface area contributed by atoms with Crippen molar-refractivity contribution in [2.45, 2.75) is 147 Å². The van der Waals surface area contributed by atoms with E-state index in [2.05, 4.69) is 20.3 Å². The number of alkyl halides is 16. The highest BCUT2D eigenvalue weighted by molar-refractivity contribution is 7.94. The summed E-state index contributed by atoms with van der Waals surface area (Å²) in [7, 11) is -8.39. The Morgan fingerprint density at radius 3 is 1.20 bits per heavy atom. The van der Waals surface area contributed by atoms with Crippen LogP contribution in [0.15, 0.2) is 95.0 Å². The number of carbonyl (C=O) groups excluding carboxylic acids is 1. The van der Waals surface area contributed by atoms with Gasteiger partial charge in [-0.05, 0) is 112 Å². The number of aromatic nitrogens is 2. The quantitative estimate of drug-likeness (QED) is 0.0533. The summed E-state index contributed by atoms with van der Waals surface area (Å²) in [5, 5.41) is 24.1. The highest BCUT2D eigenvalue weighted by Gasteiger charge is 2.58. The number of carboxylic acids is 3. The van der Waals surface area contributed by atoms with Crippen LogP contribution < -0.4 is 5.48 Å². The van der Waals surface area contributed by atoms with Crippen molar-refractivity contribution in [2.75, 3.05) is 45.9 Å². The van der Waals surface area contributed by atoms with E-state index in [0.717, 1.165) is 19.4 Å². The molecule has 3 saturated heterocycles. The van der Waals surface area contributed by atoms with Gasteiger partial charge >= 0.3 is 54.5 Å². The second kappa shape index (κ2) is 30.8. The molecule has 0 spiro atoms. The zero-order chi connectivity index (χ0) is 68.8. The molecule has 3 aliphatic rings. The van der Waals surface area contributed by atoms with Gasteiger partial charge in [0, 0.05) is 75.6 Å². The minimum atomic E-state index is -5.62.